The molecular formula is C17H18FN5O. The van der Waals surface area contributed by atoms with Crippen LogP contribution in [0.1, 0.15) is 12.5 Å². The Balaban J connectivity index is 1.68. The van der Waals surface area contributed by atoms with Gasteiger partial charge in [0.1, 0.15) is 12.4 Å². The average Bonchev–Trinajstić information content (AvgIpc) is 2.61. The number of rotatable bonds is 4. The smallest absolute Gasteiger partial charge is 0.234 e. The number of benzene rings is 1. The first-order valence-electron chi connectivity index (χ1n) is 7.75. The zero-order chi connectivity index (χ0) is 16.9. The molecule has 3 rings (SSSR count). The van der Waals surface area contributed by atoms with Crippen molar-refractivity contribution in [1.29, 1.82) is 0 Å². The van der Waals surface area contributed by atoms with E-state index in [1.54, 1.807) is 18.3 Å². The molecule has 0 spiro atoms. The van der Waals surface area contributed by atoms with Crippen molar-refractivity contribution >= 4 is 11.5 Å². The first-order chi connectivity index (χ1) is 11.7. The highest BCUT2D eigenvalue weighted by Crippen LogP contribution is 2.20. The minimum atomic E-state index is -0.455. The van der Waals surface area contributed by atoms with Crippen LogP contribution in [0.25, 0.3) is 4.85 Å². The van der Waals surface area contributed by atoms with Crippen molar-refractivity contribution < 1.29 is 9.13 Å². The first-order valence-corrected chi connectivity index (χ1v) is 7.75. The van der Waals surface area contributed by atoms with Gasteiger partial charge in [0.25, 0.3) is 0 Å². The largest absolute Gasteiger partial charge is 0.472 e. The molecule has 0 radical (unpaired) electrons. The summed E-state index contributed by atoms with van der Waals surface area (Å²) >= 11 is 0. The van der Waals surface area contributed by atoms with Crippen LogP contribution >= 0.6 is 0 Å². The third kappa shape index (κ3) is 3.78. The van der Waals surface area contributed by atoms with E-state index in [0.717, 1.165) is 25.5 Å². The number of ether oxygens (including phenoxy) is 1. The zero-order valence-electron chi connectivity index (χ0n) is 13.4. The molecule has 1 aromatic carbocycles. The Morgan fingerprint density at radius 3 is 3.08 bits per heavy atom. The van der Waals surface area contributed by atoms with Gasteiger partial charge in [0.05, 0.1) is 19.0 Å². The minimum absolute atomic E-state index is 0.0419. The third-order valence-corrected chi connectivity index (χ3v) is 3.83. The lowest BCUT2D eigenvalue weighted by Crippen LogP contribution is -2.49. The standard InChI is InChI=1S/C17H18FN5O/c1-12-10-23(6-5-21-12)16-8-20-9-17(22-16)24-11-13-3-4-14(19-2)7-15(13)18/h3-4,7-9,12,21H,5-6,10-11H2,1H3/t12-/m0/s1. The number of nitrogens with zero attached hydrogens (tertiary/aromatic N) is 4. The highest BCUT2D eigenvalue weighted by molar-refractivity contribution is 5.46. The van der Waals surface area contributed by atoms with Crippen molar-refractivity contribution in [3.63, 3.8) is 0 Å². The highest BCUT2D eigenvalue weighted by atomic mass is 19.1. The van der Waals surface area contributed by atoms with Gasteiger partial charge in [-0.3, -0.25) is 4.98 Å². The summed E-state index contributed by atoms with van der Waals surface area (Å²) in [6, 6.07) is 4.72. The van der Waals surface area contributed by atoms with Gasteiger partial charge in [-0.25, -0.2) is 9.24 Å². The summed E-state index contributed by atoms with van der Waals surface area (Å²) in [6.45, 7) is 11.6. The molecule has 7 heteroatoms. The number of piperazine rings is 1. The predicted molar refractivity (Wildman–Crippen MR) is 88.7 cm³/mol. The van der Waals surface area contributed by atoms with Gasteiger partial charge in [-0.05, 0) is 13.0 Å². The highest BCUT2D eigenvalue weighted by Gasteiger charge is 2.17. The molecule has 1 saturated heterocycles. The first kappa shape index (κ1) is 16.1. The molecule has 0 saturated carbocycles. The number of halogens is 1. The van der Waals surface area contributed by atoms with Crippen LogP contribution in [0.5, 0.6) is 5.88 Å². The fraction of sp³-hybridized carbons (Fsp3) is 0.353. The number of nitrogens with one attached hydrogen (secondary N) is 1. The normalized spacial score (nSPS) is 17.4. The Labute approximate surface area is 140 Å². The molecule has 1 N–H and O–H groups in total. The maximum Gasteiger partial charge on any atom is 0.234 e. The SMILES string of the molecule is [C-]#[N+]c1ccc(COc2cncc(N3CCN[C@@H](C)C3)n2)c(F)c1. The van der Waals surface area contributed by atoms with Crippen molar-refractivity contribution in [2.45, 2.75) is 19.6 Å². The van der Waals surface area contributed by atoms with Gasteiger partial charge in [-0.1, -0.05) is 12.1 Å². The lowest BCUT2D eigenvalue weighted by atomic mass is 10.2. The van der Waals surface area contributed by atoms with Crippen molar-refractivity contribution in [2.75, 3.05) is 24.5 Å². The van der Waals surface area contributed by atoms with Gasteiger partial charge in [-0.15, -0.1) is 0 Å². The maximum absolute atomic E-state index is 13.9. The predicted octanol–water partition coefficient (Wildman–Crippen LogP) is 2.54. The number of hydrogen-bond acceptors (Lipinski definition) is 5. The van der Waals surface area contributed by atoms with Crippen LogP contribution in [-0.4, -0.2) is 35.6 Å². The van der Waals surface area contributed by atoms with Crippen LogP contribution in [0.3, 0.4) is 0 Å². The molecule has 2 aromatic rings. The van der Waals surface area contributed by atoms with Crippen molar-refractivity contribution in [2.24, 2.45) is 0 Å². The second kappa shape index (κ2) is 7.23. The van der Waals surface area contributed by atoms with Crippen molar-refractivity contribution in [1.82, 2.24) is 15.3 Å². The summed E-state index contributed by atoms with van der Waals surface area (Å²) in [5.74, 6) is 0.653. The van der Waals surface area contributed by atoms with Crippen LogP contribution in [0.4, 0.5) is 15.9 Å². The fourth-order valence-corrected chi connectivity index (χ4v) is 2.58. The summed E-state index contributed by atoms with van der Waals surface area (Å²) < 4.78 is 19.4. The molecule has 1 aliphatic heterocycles. The van der Waals surface area contributed by atoms with Gasteiger partial charge < -0.3 is 15.0 Å². The van der Waals surface area contributed by atoms with E-state index in [1.165, 1.54) is 12.3 Å². The van der Waals surface area contributed by atoms with E-state index in [-0.39, 0.29) is 12.3 Å². The number of aromatic nitrogens is 2. The monoisotopic (exact) mass is 327 g/mol. The summed E-state index contributed by atoms with van der Waals surface area (Å²) in [6.07, 6.45) is 3.22. The van der Waals surface area contributed by atoms with Crippen molar-refractivity contribution in [3.05, 3.63) is 53.4 Å². The minimum Gasteiger partial charge on any atom is -0.472 e. The van der Waals surface area contributed by atoms with Crippen molar-refractivity contribution in [3.8, 4) is 5.88 Å². The summed E-state index contributed by atoms with van der Waals surface area (Å²) in [4.78, 5) is 14.0. The van der Waals surface area contributed by atoms with Gasteiger partial charge in [0, 0.05) is 31.2 Å². The molecule has 24 heavy (non-hydrogen) atoms. The van der Waals surface area contributed by atoms with Crippen LogP contribution in [0.2, 0.25) is 0 Å². The van der Waals surface area contributed by atoms with E-state index in [0.29, 0.717) is 17.5 Å². The summed E-state index contributed by atoms with van der Waals surface area (Å²) in [7, 11) is 0. The van der Waals surface area contributed by atoms with E-state index in [2.05, 4.69) is 32.0 Å². The third-order valence-electron chi connectivity index (χ3n) is 3.83. The molecule has 0 amide bonds. The average molecular weight is 327 g/mol. The molecule has 1 aromatic heterocycles. The van der Waals surface area contributed by atoms with Gasteiger partial charge in [0.2, 0.25) is 5.88 Å². The maximum atomic E-state index is 13.9. The van der Waals surface area contributed by atoms with Gasteiger partial charge in [0.15, 0.2) is 11.5 Å². The number of hydrogen-bond donors (Lipinski definition) is 1. The summed E-state index contributed by atoms with van der Waals surface area (Å²) in [5, 5.41) is 3.37. The van der Waals surface area contributed by atoms with E-state index in [9.17, 15) is 4.39 Å². The molecule has 6 nitrogen and oxygen atoms in total. The molecular weight excluding hydrogens is 309 g/mol. The van der Waals surface area contributed by atoms with Crippen LogP contribution in [-0.2, 0) is 6.61 Å². The second-order valence-electron chi connectivity index (χ2n) is 5.69. The molecule has 1 fully saturated rings. The van der Waals surface area contributed by atoms with Crippen LogP contribution in [0, 0.1) is 12.4 Å². The van der Waals surface area contributed by atoms with E-state index in [4.69, 9.17) is 11.3 Å². The lowest BCUT2D eigenvalue weighted by Gasteiger charge is -2.32. The van der Waals surface area contributed by atoms with Gasteiger partial charge in [-0.2, -0.15) is 4.98 Å². The molecule has 0 unspecified atom stereocenters. The second-order valence-corrected chi connectivity index (χ2v) is 5.69. The van der Waals surface area contributed by atoms with E-state index < -0.39 is 5.82 Å². The molecule has 1 aliphatic rings. The van der Waals surface area contributed by atoms with E-state index >= 15 is 0 Å². The van der Waals surface area contributed by atoms with Crippen LogP contribution in [0.15, 0.2) is 30.6 Å². The Hall–Kier alpha value is -2.72. The molecule has 0 aliphatic carbocycles. The Morgan fingerprint density at radius 1 is 1.46 bits per heavy atom. The molecule has 124 valence electrons. The fourth-order valence-electron chi connectivity index (χ4n) is 2.58. The molecule has 1 atom stereocenters. The van der Waals surface area contributed by atoms with E-state index in [1.807, 2.05) is 0 Å². The Bertz CT molecular complexity index is 761. The topological polar surface area (TPSA) is 54.6 Å². The van der Waals surface area contributed by atoms with Gasteiger partial charge >= 0.3 is 0 Å². The zero-order valence-corrected chi connectivity index (χ0v) is 13.4. The molecule has 0 bridgehead atoms. The van der Waals surface area contributed by atoms with Crippen LogP contribution < -0.4 is 15.0 Å². The molecule has 2 heterocycles. The Kier molecular flexibility index (Phi) is 4.87. The number of anilines is 1. The quantitative estimate of drug-likeness (QED) is 0.875. The lowest BCUT2D eigenvalue weighted by molar-refractivity contribution is 0.286. The summed E-state index contributed by atoms with van der Waals surface area (Å²) in [5.41, 5.74) is 0.649. The Morgan fingerprint density at radius 2 is 2.33 bits per heavy atom.